The van der Waals surface area contributed by atoms with Gasteiger partial charge in [-0.15, -0.1) is 0 Å². The molecule has 2 aromatic carbocycles. The number of hydrazine groups is 1. The number of carbonyl (C=O) groups is 3. The highest BCUT2D eigenvalue weighted by atomic mass is 19.4. The fraction of sp³-hybridized carbons (Fsp3) is 0.222. The average molecular weight is 606 g/mol. The van der Waals surface area contributed by atoms with Crippen molar-refractivity contribution in [2.45, 2.75) is 32.2 Å². The van der Waals surface area contributed by atoms with Gasteiger partial charge in [0.2, 0.25) is 12.4 Å². The summed E-state index contributed by atoms with van der Waals surface area (Å²) in [4.78, 5) is 38.9. The number of benzene rings is 2. The van der Waals surface area contributed by atoms with E-state index < -0.39 is 30.0 Å². The fourth-order valence-corrected chi connectivity index (χ4v) is 3.50. The SMILES string of the molecule is CC(C)Oc1ccc2cc1OC/N=C(/N)c1ccc(cc1)NC2C(=O)NNC(=O)c1ccc[n+](O)c1.O=C(O)C(F)(F)F. The molecule has 0 aliphatic carbocycles. The Morgan fingerprint density at radius 3 is 2.42 bits per heavy atom. The van der Waals surface area contributed by atoms with Crippen molar-refractivity contribution >= 4 is 29.3 Å². The molecule has 16 heteroatoms. The number of halogens is 3. The lowest BCUT2D eigenvalue weighted by molar-refractivity contribution is -0.904. The molecule has 7 N–H and O–H groups in total. The number of rotatable bonds is 4. The van der Waals surface area contributed by atoms with E-state index in [0.29, 0.717) is 34.1 Å². The van der Waals surface area contributed by atoms with Gasteiger partial charge in [0.05, 0.1) is 6.10 Å². The molecule has 4 bridgehead atoms. The van der Waals surface area contributed by atoms with E-state index in [1.54, 1.807) is 42.5 Å². The van der Waals surface area contributed by atoms with Crippen LogP contribution in [-0.2, 0) is 9.59 Å². The first-order valence-electron chi connectivity index (χ1n) is 12.5. The van der Waals surface area contributed by atoms with E-state index in [4.69, 9.17) is 25.1 Å². The summed E-state index contributed by atoms with van der Waals surface area (Å²) in [6.45, 7) is 3.74. The second-order valence-corrected chi connectivity index (χ2v) is 9.06. The molecule has 0 fully saturated rings. The number of fused-ring (bicyclic) bond motifs is 5. The number of carboxylic acids is 1. The largest absolute Gasteiger partial charge is 0.490 e. The zero-order valence-electron chi connectivity index (χ0n) is 22.8. The Labute approximate surface area is 242 Å². The van der Waals surface area contributed by atoms with Crippen molar-refractivity contribution in [3.8, 4) is 11.5 Å². The van der Waals surface area contributed by atoms with Crippen LogP contribution >= 0.6 is 0 Å². The van der Waals surface area contributed by atoms with Crippen LogP contribution < -0.4 is 36.1 Å². The Hall–Kier alpha value is -5.54. The van der Waals surface area contributed by atoms with E-state index in [9.17, 15) is 28.0 Å². The number of aliphatic imine (C=N–C) groups is 1. The third kappa shape index (κ3) is 9.24. The van der Waals surface area contributed by atoms with Crippen molar-refractivity contribution < 1.29 is 52.1 Å². The van der Waals surface area contributed by atoms with Crippen LogP contribution in [0.15, 0.2) is 72.0 Å². The van der Waals surface area contributed by atoms with Crippen LogP contribution in [0.5, 0.6) is 11.5 Å². The van der Waals surface area contributed by atoms with E-state index in [-0.39, 0.29) is 18.4 Å². The maximum atomic E-state index is 13.3. The van der Waals surface area contributed by atoms with Crippen LogP contribution in [0.2, 0.25) is 0 Å². The predicted molar refractivity (Wildman–Crippen MR) is 144 cm³/mol. The Balaban J connectivity index is 0.000000646. The Kier molecular flexibility index (Phi) is 10.3. The molecular formula is C27H28F3N6O7+. The first-order chi connectivity index (χ1) is 20.2. The molecule has 0 saturated heterocycles. The zero-order valence-corrected chi connectivity index (χ0v) is 22.8. The summed E-state index contributed by atoms with van der Waals surface area (Å²) in [6.07, 6.45) is -2.61. The van der Waals surface area contributed by atoms with Crippen molar-refractivity contribution in [1.82, 2.24) is 10.9 Å². The molecule has 2 aliphatic heterocycles. The quantitative estimate of drug-likeness (QED) is 0.147. The maximum absolute atomic E-state index is 13.3. The number of carboxylic acid groups (broad SMARTS) is 1. The third-order valence-electron chi connectivity index (χ3n) is 5.46. The lowest BCUT2D eigenvalue weighted by Gasteiger charge is -2.22. The topological polar surface area (TPSA) is 188 Å². The highest BCUT2D eigenvalue weighted by Crippen LogP contribution is 2.33. The minimum atomic E-state index is -5.08. The molecule has 228 valence electrons. The van der Waals surface area contributed by atoms with Crippen molar-refractivity contribution in [1.29, 1.82) is 0 Å². The van der Waals surface area contributed by atoms with Gasteiger partial charge in [-0.25, -0.2) is 9.79 Å². The van der Waals surface area contributed by atoms with Crippen LogP contribution in [-0.4, -0.2) is 52.9 Å². The number of aliphatic carboxylic acids is 1. The summed E-state index contributed by atoms with van der Waals surface area (Å²) in [5, 5.41) is 19.8. The smallest absolute Gasteiger partial charge is 0.487 e. The van der Waals surface area contributed by atoms with E-state index in [2.05, 4.69) is 21.2 Å². The van der Waals surface area contributed by atoms with Gasteiger partial charge in [0.15, 0.2) is 18.2 Å². The number of amides is 2. The lowest BCUT2D eigenvalue weighted by Crippen LogP contribution is -2.46. The molecule has 3 aromatic rings. The molecule has 1 unspecified atom stereocenters. The molecule has 1 atom stereocenters. The first-order valence-corrected chi connectivity index (χ1v) is 12.5. The predicted octanol–water partition coefficient (Wildman–Crippen LogP) is 2.30. The third-order valence-corrected chi connectivity index (χ3v) is 5.46. The molecule has 1 aromatic heterocycles. The van der Waals surface area contributed by atoms with Gasteiger partial charge in [-0.3, -0.25) is 25.6 Å². The molecule has 0 radical (unpaired) electrons. The molecule has 2 amide bonds. The van der Waals surface area contributed by atoms with Gasteiger partial charge in [0.25, 0.3) is 11.8 Å². The number of nitrogens with one attached hydrogen (secondary N) is 3. The molecular weight excluding hydrogens is 577 g/mol. The average Bonchev–Trinajstić information content (AvgIpc) is 2.96. The number of nitrogens with zero attached hydrogens (tertiary/aromatic N) is 2. The number of carbonyl (C=O) groups excluding carboxylic acids is 2. The summed E-state index contributed by atoms with van der Waals surface area (Å²) in [6, 6.07) is 14.3. The number of hydrogen-bond acceptors (Lipinski definition) is 9. The van der Waals surface area contributed by atoms with Gasteiger partial charge in [-0.1, -0.05) is 6.07 Å². The summed E-state index contributed by atoms with van der Waals surface area (Å²) in [5.41, 5.74) is 12.9. The molecule has 5 rings (SSSR count). The molecule has 0 spiro atoms. The normalized spacial score (nSPS) is 15.4. The number of anilines is 1. The fourth-order valence-electron chi connectivity index (χ4n) is 3.50. The first kappa shape index (κ1) is 32.0. The van der Waals surface area contributed by atoms with Gasteiger partial charge in [-0.05, 0) is 61.9 Å². The van der Waals surface area contributed by atoms with Crippen molar-refractivity contribution in [3.63, 3.8) is 0 Å². The monoisotopic (exact) mass is 605 g/mol. The molecule has 0 saturated carbocycles. The number of nitrogens with two attached hydrogens (primary N) is 1. The number of pyridine rings is 1. The number of alkyl halides is 3. The van der Waals surface area contributed by atoms with E-state index in [1.165, 1.54) is 24.5 Å². The minimum absolute atomic E-state index is 0.0478. The molecule has 13 nitrogen and oxygen atoms in total. The summed E-state index contributed by atoms with van der Waals surface area (Å²) in [7, 11) is 0. The molecule has 3 heterocycles. The van der Waals surface area contributed by atoms with E-state index in [0.717, 1.165) is 4.73 Å². The zero-order chi connectivity index (χ0) is 31.7. The van der Waals surface area contributed by atoms with Crippen molar-refractivity contribution in [2.24, 2.45) is 10.7 Å². The Bertz CT molecular complexity index is 1500. The Morgan fingerprint density at radius 2 is 1.81 bits per heavy atom. The van der Waals surface area contributed by atoms with Gasteiger partial charge >= 0.3 is 12.1 Å². The van der Waals surface area contributed by atoms with Gasteiger partial charge in [0, 0.05) is 22.0 Å². The summed E-state index contributed by atoms with van der Waals surface area (Å²) in [5.74, 6) is -2.70. The van der Waals surface area contributed by atoms with Crippen LogP contribution in [0.4, 0.5) is 18.9 Å². The number of ether oxygens (including phenoxy) is 2. The van der Waals surface area contributed by atoms with Crippen LogP contribution in [0, 0.1) is 0 Å². The van der Waals surface area contributed by atoms with Gasteiger partial charge < -0.3 is 25.6 Å². The summed E-state index contributed by atoms with van der Waals surface area (Å²) < 4.78 is 44.2. The minimum Gasteiger partial charge on any atom is -0.487 e. The number of hydrogen-bond donors (Lipinski definition) is 6. The highest BCUT2D eigenvalue weighted by Gasteiger charge is 2.38. The standard InChI is InChI=1S/C25H26N6O5.C2HF3O2/c1-15(2)36-20-10-7-17-12-21(20)35-14-27-23(26)16-5-8-19(9-6-16)28-22(17)25(33)30-29-24(32)18-4-3-11-31(34)13-18;3-2(4,5)1(6)7/h3-13,15,22H,14H2,1-2H3,(H5-,26,27,28,29,30,32,33,34);(H,6,7)/p+1. The lowest BCUT2D eigenvalue weighted by atomic mass is 10.0. The summed E-state index contributed by atoms with van der Waals surface area (Å²) >= 11 is 0. The second kappa shape index (κ2) is 13.9. The van der Waals surface area contributed by atoms with Crippen molar-refractivity contribution in [3.05, 3.63) is 83.7 Å². The number of amidine groups is 1. The molecule has 2 aliphatic rings. The molecule has 43 heavy (non-hydrogen) atoms. The Morgan fingerprint density at radius 1 is 1.14 bits per heavy atom. The van der Waals surface area contributed by atoms with Crippen LogP contribution in [0.1, 0.15) is 41.4 Å². The maximum Gasteiger partial charge on any atom is 0.490 e. The van der Waals surface area contributed by atoms with Crippen molar-refractivity contribution in [2.75, 3.05) is 12.0 Å². The number of aromatic nitrogens is 1. The van der Waals surface area contributed by atoms with Crippen LogP contribution in [0.3, 0.4) is 0 Å². The van der Waals surface area contributed by atoms with Gasteiger partial charge in [-0.2, -0.15) is 13.2 Å². The second-order valence-electron chi connectivity index (χ2n) is 9.06. The van der Waals surface area contributed by atoms with Crippen LogP contribution in [0.25, 0.3) is 0 Å². The van der Waals surface area contributed by atoms with E-state index >= 15 is 0 Å². The van der Waals surface area contributed by atoms with E-state index in [1.807, 2.05) is 13.8 Å². The van der Waals surface area contributed by atoms with Gasteiger partial charge in [0.1, 0.15) is 17.4 Å². The highest BCUT2D eigenvalue weighted by molar-refractivity contribution is 5.98.